The number of amides is 1. The average molecular weight is 346 g/mol. The van der Waals surface area contributed by atoms with Crippen LogP contribution in [0.5, 0.6) is 0 Å². The number of nitrogens with one attached hydrogen (secondary N) is 1. The van der Waals surface area contributed by atoms with Gasteiger partial charge in [-0.05, 0) is 12.5 Å². The van der Waals surface area contributed by atoms with Crippen molar-refractivity contribution >= 4 is 17.2 Å². The molecule has 3 rings (SSSR count). The first-order valence-corrected chi connectivity index (χ1v) is 9.00. The smallest absolute Gasteiger partial charge is 0.224 e. The lowest BCUT2D eigenvalue weighted by molar-refractivity contribution is -0.123. The van der Waals surface area contributed by atoms with Gasteiger partial charge in [0.2, 0.25) is 5.91 Å². The summed E-state index contributed by atoms with van der Waals surface area (Å²) < 4.78 is 5.24. The van der Waals surface area contributed by atoms with E-state index < -0.39 is 5.60 Å². The van der Waals surface area contributed by atoms with Gasteiger partial charge in [0.15, 0.2) is 0 Å². The quantitative estimate of drug-likeness (QED) is 0.872. The van der Waals surface area contributed by atoms with Crippen molar-refractivity contribution in [2.75, 3.05) is 19.8 Å². The van der Waals surface area contributed by atoms with Crippen LogP contribution in [0.15, 0.2) is 29.6 Å². The van der Waals surface area contributed by atoms with Crippen molar-refractivity contribution in [1.29, 1.82) is 0 Å². The summed E-state index contributed by atoms with van der Waals surface area (Å²) in [4.78, 5) is 16.6. The number of hydrogen-bond acceptors (Lipinski definition) is 5. The Morgan fingerprint density at radius 2 is 2.04 bits per heavy atom. The minimum absolute atomic E-state index is 0.0767. The molecular formula is C18H22N2O3S. The summed E-state index contributed by atoms with van der Waals surface area (Å²) in [5, 5.41) is 16.3. The Bertz CT molecular complexity index is 691. The molecule has 0 saturated carbocycles. The molecule has 1 aromatic heterocycles. The molecule has 0 atom stereocenters. The second-order valence-corrected chi connectivity index (χ2v) is 7.30. The molecular weight excluding hydrogens is 324 g/mol. The summed E-state index contributed by atoms with van der Waals surface area (Å²) in [6.07, 6.45) is 1.44. The highest BCUT2D eigenvalue weighted by Gasteiger charge is 2.29. The molecule has 2 heterocycles. The van der Waals surface area contributed by atoms with Crippen molar-refractivity contribution in [2.45, 2.75) is 31.8 Å². The fraction of sp³-hybridized carbons (Fsp3) is 0.444. The second-order valence-electron chi connectivity index (χ2n) is 6.24. The van der Waals surface area contributed by atoms with Gasteiger partial charge in [-0.15, -0.1) is 11.3 Å². The van der Waals surface area contributed by atoms with Gasteiger partial charge in [0.25, 0.3) is 0 Å². The maximum atomic E-state index is 12.1. The van der Waals surface area contributed by atoms with Gasteiger partial charge in [-0.25, -0.2) is 4.98 Å². The minimum atomic E-state index is -0.833. The zero-order chi connectivity index (χ0) is 17.0. The van der Waals surface area contributed by atoms with Crippen LogP contribution in [-0.4, -0.2) is 41.4 Å². The van der Waals surface area contributed by atoms with Crippen LogP contribution in [-0.2, 0) is 16.0 Å². The molecule has 6 heteroatoms. The number of aromatic nitrogens is 1. The van der Waals surface area contributed by atoms with Crippen molar-refractivity contribution in [3.8, 4) is 11.3 Å². The number of ether oxygens (including phenoxy) is 1. The number of thiazole rings is 1. The van der Waals surface area contributed by atoms with Crippen LogP contribution in [0.4, 0.5) is 0 Å². The maximum absolute atomic E-state index is 12.1. The molecule has 24 heavy (non-hydrogen) atoms. The average Bonchev–Trinajstić information content (AvgIpc) is 3.01. The molecule has 1 saturated heterocycles. The zero-order valence-corrected chi connectivity index (χ0v) is 14.6. The molecule has 128 valence electrons. The molecule has 1 aliphatic rings. The largest absolute Gasteiger partial charge is 0.388 e. The monoisotopic (exact) mass is 346 g/mol. The molecule has 1 fully saturated rings. The van der Waals surface area contributed by atoms with Gasteiger partial charge < -0.3 is 15.2 Å². The summed E-state index contributed by atoms with van der Waals surface area (Å²) in [5.74, 6) is -0.0767. The molecule has 1 aromatic carbocycles. The third-order valence-corrected chi connectivity index (χ3v) is 5.05. The number of aliphatic hydroxyl groups is 1. The number of carbonyl (C=O) groups excluding carboxylic acids is 1. The Morgan fingerprint density at radius 3 is 2.67 bits per heavy atom. The van der Waals surface area contributed by atoms with Gasteiger partial charge in [0, 0.05) is 43.5 Å². The summed E-state index contributed by atoms with van der Waals surface area (Å²) in [6.45, 7) is 3.36. The lowest BCUT2D eigenvalue weighted by Crippen LogP contribution is -2.46. The number of nitrogens with zero attached hydrogens (tertiary/aromatic N) is 1. The van der Waals surface area contributed by atoms with Gasteiger partial charge in [0.05, 0.1) is 22.7 Å². The fourth-order valence-electron chi connectivity index (χ4n) is 2.73. The van der Waals surface area contributed by atoms with Gasteiger partial charge in [0.1, 0.15) is 0 Å². The number of hydrogen-bond donors (Lipinski definition) is 2. The van der Waals surface area contributed by atoms with E-state index in [0.29, 0.717) is 32.5 Å². The van der Waals surface area contributed by atoms with E-state index in [0.717, 1.165) is 21.8 Å². The van der Waals surface area contributed by atoms with E-state index in [1.54, 1.807) is 11.3 Å². The molecule has 0 spiro atoms. The van der Waals surface area contributed by atoms with E-state index in [1.807, 2.05) is 36.6 Å². The summed E-state index contributed by atoms with van der Waals surface area (Å²) in [5.41, 5.74) is 2.14. The third-order valence-electron chi connectivity index (χ3n) is 4.27. The zero-order valence-electron chi connectivity index (χ0n) is 13.7. The van der Waals surface area contributed by atoms with E-state index in [-0.39, 0.29) is 12.5 Å². The molecule has 0 bridgehead atoms. The Hall–Kier alpha value is -1.76. The summed E-state index contributed by atoms with van der Waals surface area (Å²) in [6, 6.07) is 7.88. The number of benzene rings is 1. The van der Waals surface area contributed by atoms with Crippen LogP contribution in [0.2, 0.25) is 0 Å². The van der Waals surface area contributed by atoms with Gasteiger partial charge in [-0.1, -0.05) is 24.3 Å². The second kappa shape index (κ2) is 7.42. The predicted molar refractivity (Wildman–Crippen MR) is 94.0 cm³/mol. The lowest BCUT2D eigenvalue weighted by Gasteiger charge is -2.32. The van der Waals surface area contributed by atoms with Gasteiger partial charge >= 0.3 is 0 Å². The SMILES string of the molecule is Cc1nc(-c2ccc(CC(=O)NCC3(O)CCOCC3)cc2)cs1. The van der Waals surface area contributed by atoms with Gasteiger partial charge in [-0.3, -0.25) is 4.79 Å². The first kappa shape index (κ1) is 17.1. The van der Waals surface area contributed by atoms with Gasteiger partial charge in [-0.2, -0.15) is 0 Å². The third kappa shape index (κ3) is 4.41. The van der Waals surface area contributed by atoms with E-state index in [1.165, 1.54) is 0 Å². The highest BCUT2D eigenvalue weighted by Crippen LogP contribution is 2.22. The molecule has 5 nitrogen and oxygen atoms in total. The van der Waals surface area contributed by atoms with E-state index in [4.69, 9.17) is 4.74 Å². The first-order valence-electron chi connectivity index (χ1n) is 8.12. The van der Waals surface area contributed by atoms with Crippen molar-refractivity contribution < 1.29 is 14.6 Å². The minimum Gasteiger partial charge on any atom is -0.388 e. The molecule has 0 unspecified atom stereocenters. The molecule has 2 N–H and O–H groups in total. The Kier molecular flexibility index (Phi) is 5.28. The summed E-state index contributed by atoms with van der Waals surface area (Å²) in [7, 11) is 0. The van der Waals surface area contributed by atoms with E-state index >= 15 is 0 Å². The Balaban J connectivity index is 1.53. The number of rotatable bonds is 5. The van der Waals surface area contributed by atoms with Crippen LogP contribution in [0.25, 0.3) is 11.3 Å². The Labute approximate surface area is 145 Å². The van der Waals surface area contributed by atoms with Crippen molar-refractivity contribution in [1.82, 2.24) is 10.3 Å². The molecule has 2 aromatic rings. The highest BCUT2D eigenvalue weighted by atomic mass is 32.1. The van der Waals surface area contributed by atoms with Crippen LogP contribution in [0, 0.1) is 6.92 Å². The normalized spacial score (nSPS) is 16.8. The topological polar surface area (TPSA) is 71.5 Å². The van der Waals surface area contributed by atoms with Crippen LogP contribution in [0.3, 0.4) is 0 Å². The number of aryl methyl sites for hydroxylation is 1. The van der Waals surface area contributed by atoms with E-state index in [2.05, 4.69) is 10.3 Å². The first-order chi connectivity index (χ1) is 11.5. The molecule has 0 radical (unpaired) electrons. The van der Waals surface area contributed by atoms with Crippen molar-refractivity contribution in [2.24, 2.45) is 0 Å². The standard InChI is InChI=1S/C18H22N2O3S/c1-13-20-16(11-24-13)15-4-2-14(3-5-15)10-17(21)19-12-18(22)6-8-23-9-7-18/h2-5,11,22H,6-10,12H2,1H3,(H,19,21). The number of carbonyl (C=O) groups is 1. The predicted octanol–water partition coefficient (Wildman–Crippen LogP) is 2.32. The van der Waals surface area contributed by atoms with Crippen molar-refractivity contribution in [3.05, 3.63) is 40.2 Å². The van der Waals surface area contributed by atoms with Crippen molar-refractivity contribution in [3.63, 3.8) is 0 Å². The maximum Gasteiger partial charge on any atom is 0.224 e. The summed E-state index contributed by atoms with van der Waals surface area (Å²) >= 11 is 1.63. The lowest BCUT2D eigenvalue weighted by atomic mass is 9.94. The van der Waals surface area contributed by atoms with Crippen LogP contribution >= 0.6 is 11.3 Å². The fourth-order valence-corrected chi connectivity index (χ4v) is 3.35. The highest BCUT2D eigenvalue weighted by molar-refractivity contribution is 7.09. The Morgan fingerprint density at radius 1 is 1.33 bits per heavy atom. The van der Waals surface area contributed by atoms with Crippen LogP contribution in [0.1, 0.15) is 23.4 Å². The molecule has 0 aliphatic carbocycles. The van der Waals surface area contributed by atoms with E-state index in [9.17, 15) is 9.90 Å². The molecule has 1 aliphatic heterocycles. The van der Waals surface area contributed by atoms with Crippen LogP contribution < -0.4 is 5.32 Å². The molecule has 1 amide bonds.